The number of nitrogens with zero attached hydrogens (tertiary/aromatic N) is 3. The average Bonchev–Trinajstić information content (AvgIpc) is 3.66. The molecule has 0 radical (unpaired) electrons. The first-order valence-electron chi connectivity index (χ1n) is 12.4. The number of anilines is 1. The van der Waals surface area contributed by atoms with Crippen molar-refractivity contribution in [3.05, 3.63) is 103 Å². The van der Waals surface area contributed by atoms with Crippen LogP contribution in [0.5, 0.6) is 11.5 Å². The van der Waals surface area contributed by atoms with Crippen LogP contribution in [0, 0.1) is 5.41 Å². The first kappa shape index (κ1) is 24.8. The Kier molecular flexibility index (Phi) is 7.79. The molecule has 5 rings (SSSR count). The van der Waals surface area contributed by atoms with E-state index in [0.29, 0.717) is 23.8 Å². The minimum absolute atomic E-state index is 0.211. The standard InChI is InChI=1S/C30H29N5O3/c1-36-29-20-23(34-30(31)26-6-2-3-15-33-26)9-12-25(29)28-14-13-27(38-28)22-7-10-24(11-8-22)37-19-5-4-17-35-18-16-32-21-35/h2-3,6-16,18,20-21H,4-5,17,19H2,1H3,(H2,31,34). The van der Waals surface area contributed by atoms with E-state index in [0.717, 1.165) is 47.7 Å². The van der Waals surface area contributed by atoms with Gasteiger partial charge in [-0.15, -0.1) is 0 Å². The molecule has 3 aromatic heterocycles. The van der Waals surface area contributed by atoms with E-state index in [1.54, 1.807) is 25.6 Å². The largest absolute Gasteiger partial charge is 0.496 e. The Hall–Kier alpha value is -4.85. The number of benzene rings is 2. The van der Waals surface area contributed by atoms with Crippen LogP contribution in [0.3, 0.4) is 0 Å². The molecule has 0 aliphatic carbocycles. The lowest BCUT2D eigenvalue weighted by Gasteiger charge is -2.11. The van der Waals surface area contributed by atoms with Gasteiger partial charge in [0.2, 0.25) is 0 Å². The monoisotopic (exact) mass is 507 g/mol. The number of pyridine rings is 1. The van der Waals surface area contributed by atoms with E-state index in [-0.39, 0.29) is 5.84 Å². The first-order valence-corrected chi connectivity index (χ1v) is 12.4. The highest BCUT2D eigenvalue weighted by molar-refractivity contribution is 6.05. The second-order valence-electron chi connectivity index (χ2n) is 8.67. The van der Waals surface area contributed by atoms with Gasteiger partial charge in [0, 0.05) is 42.5 Å². The molecule has 0 saturated heterocycles. The van der Waals surface area contributed by atoms with Crippen molar-refractivity contribution in [2.45, 2.75) is 19.4 Å². The quantitative estimate of drug-likeness (QED) is 0.120. The van der Waals surface area contributed by atoms with Crippen molar-refractivity contribution in [1.82, 2.24) is 14.5 Å². The summed E-state index contributed by atoms with van der Waals surface area (Å²) in [5.74, 6) is 3.14. The molecule has 0 aliphatic heterocycles. The molecule has 0 saturated carbocycles. The van der Waals surface area contributed by atoms with Crippen molar-refractivity contribution in [2.24, 2.45) is 0 Å². The number of rotatable bonds is 11. The molecule has 0 atom stereocenters. The lowest BCUT2D eigenvalue weighted by atomic mass is 10.1. The predicted molar refractivity (Wildman–Crippen MR) is 148 cm³/mol. The number of aryl methyl sites for hydroxylation is 1. The second-order valence-corrected chi connectivity index (χ2v) is 8.67. The summed E-state index contributed by atoms with van der Waals surface area (Å²) in [7, 11) is 1.62. The Morgan fingerprint density at radius 2 is 1.84 bits per heavy atom. The minimum atomic E-state index is 0.211. The number of furan rings is 1. The van der Waals surface area contributed by atoms with Crippen molar-refractivity contribution in [1.29, 1.82) is 5.41 Å². The summed E-state index contributed by atoms with van der Waals surface area (Å²) in [6.45, 7) is 1.62. The number of methoxy groups -OCH3 is 1. The van der Waals surface area contributed by atoms with Crippen LogP contribution >= 0.6 is 0 Å². The van der Waals surface area contributed by atoms with Crippen molar-refractivity contribution < 1.29 is 13.9 Å². The highest BCUT2D eigenvalue weighted by atomic mass is 16.5. The van der Waals surface area contributed by atoms with E-state index in [2.05, 4.69) is 19.9 Å². The van der Waals surface area contributed by atoms with Gasteiger partial charge in [-0.05, 0) is 73.5 Å². The van der Waals surface area contributed by atoms with Gasteiger partial charge < -0.3 is 23.8 Å². The van der Waals surface area contributed by atoms with Gasteiger partial charge in [0.15, 0.2) is 0 Å². The number of unbranched alkanes of at least 4 members (excludes halogenated alkanes) is 1. The number of aromatic nitrogens is 3. The maximum absolute atomic E-state index is 8.26. The molecule has 0 bridgehead atoms. The molecule has 0 fully saturated rings. The van der Waals surface area contributed by atoms with Crippen molar-refractivity contribution >= 4 is 11.5 Å². The van der Waals surface area contributed by atoms with Gasteiger partial charge in [-0.1, -0.05) is 6.07 Å². The summed E-state index contributed by atoms with van der Waals surface area (Å²) < 4.78 is 19.8. The Balaban J connectivity index is 1.19. The Labute approximate surface area is 221 Å². The number of amidine groups is 1. The molecular formula is C30H29N5O3. The molecule has 0 amide bonds. The summed E-state index contributed by atoms with van der Waals surface area (Å²) in [5.41, 5.74) is 3.08. The highest BCUT2D eigenvalue weighted by Gasteiger charge is 2.13. The van der Waals surface area contributed by atoms with Gasteiger partial charge >= 0.3 is 0 Å². The highest BCUT2D eigenvalue weighted by Crippen LogP contribution is 2.36. The zero-order valence-electron chi connectivity index (χ0n) is 21.1. The smallest absolute Gasteiger partial charge is 0.148 e. The maximum Gasteiger partial charge on any atom is 0.148 e. The summed E-state index contributed by atoms with van der Waals surface area (Å²) in [5, 5.41) is 11.3. The van der Waals surface area contributed by atoms with Crippen molar-refractivity contribution in [3.8, 4) is 34.1 Å². The topological polar surface area (TPSA) is 98.2 Å². The molecule has 2 N–H and O–H groups in total. The third-order valence-corrected chi connectivity index (χ3v) is 6.04. The van der Waals surface area contributed by atoms with Crippen LogP contribution in [-0.4, -0.2) is 34.1 Å². The summed E-state index contributed by atoms with van der Waals surface area (Å²) in [4.78, 5) is 8.26. The Bertz CT molecular complexity index is 1460. The molecule has 192 valence electrons. The minimum Gasteiger partial charge on any atom is -0.496 e. The molecule has 3 heterocycles. The number of hydrogen-bond acceptors (Lipinski definition) is 6. The zero-order chi connectivity index (χ0) is 26.2. The summed E-state index contributed by atoms with van der Waals surface area (Å²) in [6.07, 6.45) is 9.28. The maximum atomic E-state index is 8.26. The van der Waals surface area contributed by atoms with Crippen LogP contribution in [0.25, 0.3) is 22.6 Å². The fourth-order valence-corrected chi connectivity index (χ4v) is 4.05. The Morgan fingerprint density at radius 3 is 2.61 bits per heavy atom. The zero-order valence-corrected chi connectivity index (χ0v) is 21.1. The van der Waals surface area contributed by atoms with Gasteiger partial charge in [0.25, 0.3) is 0 Å². The van der Waals surface area contributed by atoms with Crippen LogP contribution in [0.15, 0.2) is 102 Å². The third-order valence-electron chi connectivity index (χ3n) is 6.04. The molecule has 2 aromatic carbocycles. The SMILES string of the molecule is COc1cc(NC(=N)c2ccccn2)ccc1-c1ccc(-c2ccc(OCCCCn3ccnc3)cc2)o1. The van der Waals surface area contributed by atoms with Gasteiger partial charge in [-0.3, -0.25) is 10.4 Å². The molecule has 8 heteroatoms. The van der Waals surface area contributed by atoms with Crippen molar-refractivity contribution in [2.75, 3.05) is 19.0 Å². The average molecular weight is 508 g/mol. The van der Waals surface area contributed by atoms with E-state index in [4.69, 9.17) is 19.3 Å². The van der Waals surface area contributed by atoms with Crippen molar-refractivity contribution in [3.63, 3.8) is 0 Å². The van der Waals surface area contributed by atoms with Crippen LogP contribution in [0.4, 0.5) is 5.69 Å². The second kappa shape index (κ2) is 11.9. The van der Waals surface area contributed by atoms with E-state index in [1.807, 2.05) is 79.3 Å². The first-order chi connectivity index (χ1) is 18.7. The summed E-state index contributed by atoms with van der Waals surface area (Å²) in [6, 6.07) is 22.9. The molecule has 5 aromatic rings. The van der Waals surface area contributed by atoms with Gasteiger partial charge in [0.05, 0.1) is 25.6 Å². The van der Waals surface area contributed by atoms with E-state index >= 15 is 0 Å². The van der Waals surface area contributed by atoms with Gasteiger partial charge in [-0.2, -0.15) is 0 Å². The number of hydrogen-bond donors (Lipinski definition) is 2. The molecule has 0 aliphatic rings. The molecular weight excluding hydrogens is 478 g/mol. The number of imidazole rings is 1. The Morgan fingerprint density at radius 1 is 0.974 bits per heavy atom. The number of nitrogens with one attached hydrogen (secondary N) is 2. The van der Waals surface area contributed by atoms with Gasteiger partial charge in [-0.25, -0.2) is 4.98 Å². The van der Waals surface area contributed by atoms with Gasteiger partial charge in [0.1, 0.15) is 34.5 Å². The number of ether oxygens (including phenoxy) is 2. The van der Waals surface area contributed by atoms with Crippen LogP contribution < -0.4 is 14.8 Å². The fraction of sp³-hybridized carbons (Fsp3) is 0.167. The van der Waals surface area contributed by atoms with Crippen LogP contribution in [0.2, 0.25) is 0 Å². The molecule has 0 unspecified atom stereocenters. The van der Waals surface area contributed by atoms with Crippen LogP contribution in [-0.2, 0) is 6.54 Å². The molecule has 38 heavy (non-hydrogen) atoms. The van der Waals surface area contributed by atoms with E-state index in [1.165, 1.54) is 0 Å². The fourth-order valence-electron chi connectivity index (χ4n) is 4.05. The molecule has 8 nitrogen and oxygen atoms in total. The lowest BCUT2D eigenvalue weighted by Crippen LogP contribution is -2.13. The molecule has 0 spiro atoms. The summed E-state index contributed by atoms with van der Waals surface area (Å²) >= 11 is 0. The van der Waals surface area contributed by atoms with E-state index in [9.17, 15) is 0 Å². The third kappa shape index (κ3) is 6.10. The predicted octanol–water partition coefficient (Wildman–Crippen LogP) is 6.51. The normalized spacial score (nSPS) is 10.8. The van der Waals surface area contributed by atoms with E-state index < -0.39 is 0 Å². The van der Waals surface area contributed by atoms with Crippen LogP contribution in [0.1, 0.15) is 18.5 Å². The lowest BCUT2D eigenvalue weighted by molar-refractivity contribution is 0.303.